The molecule has 0 unspecified atom stereocenters. The topological polar surface area (TPSA) is 84.9 Å². The SMILES string of the molecule is COc1ccc(S(=O)(=O)N(CC(=O)N[C@H]2CCCc3ccccc32)C2CCCCC2)cc1OC. The van der Waals surface area contributed by atoms with Gasteiger partial charge in [-0.15, -0.1) is 0 Å². The molecule has 2 aromatic carbocycles. The maximum absolute atomic E-state index is 13.8. The monoisotopic (exact) mass is 486 g/mol. The van der Waals surface area contributed by atoms with Gasteiger partial charge >= 0.3 is 0 Å². The number of aryl methyl sites for hydroxylation is 1. The van der Waals surface area contributed by atoms with Crippen LogP contribution < -0.4 is 14.8 Å². The number of benzene rings is 2. The first-order valence-electron chi connectivity index (χ1n) is 12.0. The highest BCUT2D eigenvalue weighted by atomic mass is 32.2. The molecule has 0 saturated heterocycles. The van der Waals surface area contributed by atoms with Crippen molar-refractivity contribution in [2.75, 3.05) is 20.8 Å². The van der Waals surface area contributed by atoms with Gasteiger partial charge in [-0.05, 0) is 55.4 Å². The van der Waals surface area contributed by atoms with Crippen molar-refractivity contribution in [2.24, 2.45) is 0 Å². The standard InChI is InChI=1S/C26H34N2O5S/c1-32-24-16-15-21(17-25(24)33-2)34(30,31)28(20-11-4-3-5-12-20)18-26(29)27-23-14-8-10-19-9-6-7-13-22(19)23/h6-7,9,13,15-17,20,23H,3-5,8,10-12,14,18H2,1-2H3,(H,27,29)/t23-/m0/s1. The number of amides is 1. The van der Waals surface area contributed by atoms with Gasteiger partial charge in [0.15, 0.2) is 11.5 Å². The van der Waals surface area contributed by atoms with Gasteiger partial charge in [0.25, 0.3) is 0 Å². The number of hydrogen-bond donors (Lipinski definition) is 1. The number of methoxy groups -OCH3 is 2. The molecule has 1 atom stereocenters. The summed E-state index contributed by atoms with van der Waals surface area (Å²) in [5, 5.41) is 3.12. The van der Waals surface area contributed by atoms with Crippen LogP contribution in [0.3, 0.4) is 0 Å². The molecular weight excluding hydrogens is 452 g/mol. The Labute approximate surface area is 202 Å². The lowest BCUT2D eigenvalue weighted by molar-refractivity contribution is -0.122. The molecule has 1 N–H and O–H groups in total. The van der Waals surface area contributed by atoms with Gasteiger partial charge in [0.1, 0.15) is 0 Å². The number of nitrogens with one attached hydrogen (secondary N) is 1. The van der Waals surface area contributed by atoms with Crippen molar-refractivity contribution >= 4 is 15.9 Å². The van der Waals surface area contributed by atoms with E-state index in [-0.39, 0.29) is 29.4 Å². The summed E-state index contributed by atoms with van der Waals surface area (Å²) in [6.45, 7) is -0.194. The van der Waals surface area contributed by atoms with Gasteiger partial charge in [-0.1, -0.05) is 43.5 Å². The van der Waals surface area contributed by atoms with E-state index < -0.39 is 10.0 Å². The van der Waals surface area contributed by atoms with Crippen molar-refractivity contribution in [3.8, 4) is 11.5 Å². The molecule has 184 valence electrons. The van der Waals surface area contributed by atoms with Crippen molar-refractivity contribution < 1.29 is 22.7 Å². The van der Waals surface area contributed by atoms with E-state index >= 15 is 0 Å². The molecular formula is C26H34N2O5S. The second-order valence-corrected chi connectivity index (χ2v) is 11.0. The summed E-state index contributed by atoms with van der Waals surface area (Å²) in [5.74, 6) is 0.533. The minimum atomic E-state index is -3.92. The maximum atomic E-state index is 13.8. The van der Waals surface area contributed by atoms with Crippen LogP contribution >= 0.6 is 0 Å². The van der Waals surface area contributed by atoms with E-state index in [1.165, 1.54) is 36.2 Å². The van der Waals surface area contributed by atoms with Crippen LogP contribution in [0.4, 0.5) is 0 Å². The van der Waals surface area contributed by atoms with Crippen LogP contribution in [0.1, 0.15) is 62.1 Å². The Balaban J connectivity index is 1.59. The smallest absolute Gasteiger partial charge is 0.243 e. The minimum absolute atomic E-state index is 0.0885. The molecule has 8 heteroatoms. The van der Waals surface area contributed by atoms with E-state index in [2.05, 4.69) is 17.4 Å². The molecule has 0 bridgehead atoms. The Morgan fingerprint density at radius 2 is 1.71 bits per heavy atom. The molecule has 0 aromatic heterocycles. The number of ether oxygens (including phenoxy) is 2. The van der Waals surface area contributed by atoms with Crippen molar-refractivity contribution in [1.29, 1.82) is 0 Å². The van der Waals surface area contributed by atoms with E-state index in [1.54, 1.807) is 6.07 Å². The Morgan fingerprint density at radius 1 is 0.971 bits per heavy atom. The quantitative estimate of drug-likeness (QED) is 0.604. The summed E-state index contributed by atoms with van der Waals surface area (Å²) in [4.78, 5) is 13.3. The predicted octanol–water partition coefficient (Wildman–Crippen LogP) is 4.22. The highest BCUT2D eigenvalue weighted by molar-refractivity contribution is 7.89. The minimum Gasteiger partial charge on any atom is -0.493 e. The first kappa shape index (κ1) is 24.5. The zero-order valence-electron chi connectivity index (χ0n) is 20.0. The van der Waals surface area contributed by atoms with E-state index in [0.29, 0.717) is 11.5 Å². The van der Waals surface area contributed by atoms with Crippen molar-refractivity contribution in [3.05, 3.63) is 53.6 Å². The van der Waals surface area contributed by atoms with Gasteiger partial charge in [-0.3, -0.25) is 4.79 Å². The predicted molar refractivity (Wildman–Crippen MR) is 131 cm³/mol. The molecule has 7 nitrogen and oxygen atoms in total. The molecule has 2 aliphatic carbocycles. The summed E-state index contributed by atoms with van der Waals surface area (Å²) in [5.41, 5.74) is 2.38. The van der Waals surface area contributed by atoms with Crippen LogP contribution in [0.5, 0.6) is 11.5 Å². The lowest BCUT2D eigenvalue weighted by Gasteiger charge is -2.34. The molecule has 1 saturated carbocycles. The number of hydrogen-bond acceptors (Lipinski definition) is 5. The molecule has 0 spiro atoms. The van der Waals surface area contributed by atoms with Crippen molar-refractivity contribution in [2.45, 2.75) is 68.3 Å². The number of fused-ring (bicyclic) bond motifs is 1. The molecule has 34 heavy (non-hydrogen) atoms. The number of sulfonamides is 1. The van der Waals surface area contributed by atoms with Crippen LogP contribution in [-0.4, -0.2) is 45.4 Å². The molecule has 0 heterocycles. The van der Waals surface area contributed by atoms with Gasteiger partial charge in [-0.2, -0.15) is 4.31 Å². The second-order valence-electron chi connectivity index (χ2n) is 9.07. The molecule has 4 rings (SSSR count). The number of rotatable bonds is 8. The summed E-state index contributed by atoms with van der Waals surface area (Å²) in [7, 11) is -0.935. The van der Waals surface area contributed by atoms with E-state index in [0.717, 1.165) is 56.9 Å². The molecule has 0 radical (unpaired) electrons. The van der Waals surface area contributed by atoms with E-state index in [4.69, 9.17) is 9.47 Å². The van der Waals surface area contributed by atoms with Crippen LogP contribution in [0.2, 0.25) is 0 Å². The fraction of sp³-hybridized carbons (Fsp3) is 0.500. The Hall–Kier alpha value is -2.58. The largest absolute Gasteiger partial charge is 0.493 e. The highest BCUT2D eigenvalue weighted by Crippen LogP contribution is 2.34. The lowest BCUT2D eigenvalue weighted by atomic mass is 9.88. The van der Waals surface area contributed by atoms with Crippen LogP contribution in [-0.2, 0) is 21.2 Å². The number of carbonyl (C=O) groups excluding carboxylic acids is 1. The van der Waals surface area contributed by atoms with Gasteiger partial charge < -0.3 is 14.8 Å². The van der Waals surface area contributed by atoms with Gasteiger partial charge in [0, 0.05) is 12.1 Å². The van der Waals surface area contributed by atoms with Crippen molar-refractivity contribution in [3.63, 3.8) is 0 Å². The third-order valence-corrected chi connectivity index (χ3v) is 8.84. The molecule has 1 amide bonds. The number of carbonyl (C=O) groups is 1. The van der Waals surface area contributed by atoms with Gasteiger partial charge in [0.2, 0.25) is 15.9 Å². The fourth-order valence-corrected chi connectivity index (χ4v) is 6.83. The summed E-state index contributed by atoms with van der Waals surface area (Å²) in [6.07, 6.45) is 7.38. The lowest BCUT2D eigenvalue weighted by Crippen LogP contribution is -2.47. The zero-order valence-corrected chi connectivity index (χ0v) is 20.8. The summed E-state index contributed by atoms with van der Waals surface area (Å²) < 4.78 is 39.5. The van der Waals surface area contributed by atoms with Crippen molar-refractivity contribution in [1.82, 2.24) is 9.62 Å². The van der Waals surface area contributed by atoms with E-state index in [9.17, 15) is 13.2 Å². The molecule has 2 aromatic rings. The summed E-state index contributed by atoms with van der Waals surface area (Å²) >= 11 is 0. The van der Waals surface area contributed by atoms with Crippen LogP contribution in [0.25, 0.3) is 0 Å². The van der Waals surface area contributed by atoms with E-state index in [1.807, 2.05) is 12.1 Å². The third-order valence-electron chi connectivity index (χ3n) is 6.95. The fourth-order valence-electron chi connectivity index (χ4n) is 5.18. The zero-order chi connectivity index (χ0) is 24.1. The Kier molecular flexibility index (Phi) is 7.78. The molecule has 0 aliphatic heterocycles. The van der Waals surface area contributed by atoms with Gasteiger partial charge in [0.05, 0.1) is 31.7 Å². The first-order valence-corrected chi connectivity index (χ1v) is 13.5. The highest BCUT2D eigenvalue weighted by Gasteiger charge is 2.35. The Morgan fingerprint density at radius 3 is 2.44 bits per heavy atom. The first-order chi connectivity index (χ1) is 16.4. The number of nitrogens with zero attached hydrogens (tertiary/aromatic N) is 1. The Bertz CT molecular complexity index is 1110. The average molecular weight is 487 g/mol. The van der Waals surface area contributed by atoms with Gasteiger partial charge in [-0.25, -0.2) is 8.42 Å². The molecule has 1 fully saturated rings. The second kappa shape index (κ2) is 10.8. The average Bonchev–Trinajstić information content (AvgIpc) is 2.87. The van der Waals surface area contributed by atoms with Crippen LogP contribution in [0.15, 0.2) is 47.4 Å². The van der Waals surface area contributed by atoms with Crippen LogP contribution in [0, 0.1) is 0 Å². The third kappa shape index (κ3) is 5.23. The summed E-state index contributed by atoms with van der Waals surface area (Å²) in [6, 6.07) is 12.4. The maximum Gasteiger partial charge on any atom is 0.243 e. The molecule has 2 aliphatic rings. The normalized spacial score (nSPS) is 18.9.